The third-order valence-corrected chi connectivity index (χ3v) is 3.82. The van der Waals surface area contributed by atoms with Gasteiger partial charge in [-0.1, -0.05) is 0 Å². The zero-order valence-corrected chi connectivity index (χ0v) is 13.7. The van der Waals surface area contributed by atoms with E-state index in [1.54, 1.807) is 0 Å². The van der Waals surface area contributed by atoms with Crippen molar-refractivity contribution < 1.29 is 9.53 Å². The van der Waals surface area contributed by atoms with E-state index in [4.69, 9.17) is 4.74 Å². The standard InChI is InChI=1S/C17H22N4O2/c1-10(2)23-15-5-4-12(8-11(15)3)19-17(22)16-13-9-18-7-6-14(13)20-21-16/h4-5,8,10,18H,6-7,9H2,1-3H3,(H,19,22)(H,20,21). The van der Waals surface area contributed by atoms with E-state index in [0.717, 1.165) is 41.2 Å². The number of anilines is 1. The molecule has 1 aliphatic rings. The topological polar surface area (TPSA) is 79.0 Å². The number of aryl methyl sites for hydroxylation is 1. The first kappa shape index (κ1) is 15.6. The first-order valence-corrected chi connectivity index (χ1v) is 7.90. The smallest absolute Gasteiger partial charge is 0.276 e. The zero-order valence-electron chi connectivity index (χ0n) is 13.7. The summed E-state index contributed by atoms with van der Waals surface area (Å²) in [6.45, 7) is 7.53. The fraction of sp³-hybridized carbons (Fsp3) is 0.412. The van der Waals surface area contributed by atoms with Crippen LogP contribution in [0.2, 0.25) is 0 Å². The van der Waals surface area contributed by atoms with Gasteiger partial charge in [-0.25, -0.2) is 0 Å². The molecule has 3 rings (SSSR count). The Labute approximate surface area is 135 Å². The summed E-state index contributed by atoms with van der Waals surface area (Å²) in [7, 11) is 0. The van der Waals surface area contributed by atoms with Crippen molar-refractivity contribution in [2.45, 2.75) is 39.8 Å². The van der Waals surface area contributed by atoms with Crippen LogP contribution >= 0.6 is 0 Å². The molecule has 1 aromatic carbocycles. The van der Waals surface area contributed by atoms with Crippen LogP contribution in [0.15, 0.2) is 18.2 Å². The highest BCUT2D eigenvalue weighted by Gasteiger charge is 2.21. The normalized spacial score (nSPS) is 13.7. The highest BCUT2D eigenvalue weighted by Crippen LogP contribution is 2.24. The van der Waals surface area contributed by atoms with Gasteiger partial charge in [-0.3, -0.25) is 9.89 Å². The monoisotopic (exact) mass is 314 g/mol. The molecular weight excluding hydrogens is 292 g/mol. The fourth-order valence-electron chi connectivity index (χ4n) is 2.72. The number of aromatic amines is 1. The lowest BCUT2D eigenvalue weighted by atomic mass is 10.1. The Morgan fingerprint density at radius 3 is 2.96 bits per heavy atom. The third-order valence-electron chi connectivity index (χ3n) is 3.82. The Morgan fingerprint density at radius 2 is 2.22 bits per heavy atom. The summed E-state index contributed by atoms with van der Waals surface area (Å²) >= 11 is 0. The molecule has 122 valence electrons. The summed E-state index contributed by atoms with van der Waals surface area (Å²) in [6.07, 6.45) is 0.993. The number of nitrogens with one attached hydrogen (secondary N) is 3. The molecular formula is C17H22N4O2. The number of amides is 1. The number of H-pyrrole nitrogens is 1. The number of carbonyl (C=O) groups is 1. The number of rotatable bonds is 4. The average molecular weight is 314 g/mol. The van der Waals surface area contributed by atoms with Gasteiger partial charge in [0.1, 0.15) is 5.75 Å². The Hall–Kier alpha value is -2.34. The molecule has 0 fully saturated rings. The number of aromatic nitrogens is 2. The van der Waals surface area contributed by atoms with Crippen LogP contribution in [-0.2, 0) is 13.0 Å². The number of benzene rings is 1. The minimum Gasteiger partial charge on any atom is -0.491 e. The Balaban J connectivity index is 1.75. The molecule has 6 nitrogen and oxygen atoms in total. The van der Waals surface area contributed by atoms with E-state index in [1.807, 2.05) is 39.0 Å². The number of fused-ring (bicyclic) bond motifs is 1. The van der Waals surface area contributed by atoms with Gasteiger partial charge in [-0.05, 0) is 44.5 Å². The molecule has 0 unspecified atom stereocenters. The first-order chi connectivity index (χ1) is 11.0. The van der Waals surface area contributed by atoms with E-state index in [0.29, 0.717) is 12.2 Å². The molecule has 3 N–H and O–H groups in total. The number of ether oxygens (including phenoxy) is 1. The average Bonchev–Trinajstić information content (AvgIpc) is 2.94. The molecule has 1 amide bonds. The van der Waals surface area contributed by atoms with E-state index >= 15 is 0 Å². The Kier molecular flexibility index (Phi) is 4.34. The molecule has 0 bridgehead atoms. The highest BCUT2D eigenvalue weighted by molar-refractivity contribution is 6.04. The lowest BCUT2D eigenvalue weighted by Gasteiger charge is -2.14. The predicted octanol–water partition coefficient (Wildman–Crippen LogP) is 2.40. The lowest BCUT2D eigenvalue weighted by molar-refractivity contribution is 0.102. The quantitative estimate of drug-likeness (QED) is 0.810. The molecule has 0 saturated carbocycles. The van der Waals surface area contributed by atoms with Crippen molar-refractivity contribution in [2.24, 2.45) is 0 Å². The van der Waals surface area contributed by atoms with Gasteiger partial charge in [0.15, 0.2) is 5.69 Å². The minimum absolute atomic E-state index is 0.122. The molecule has 2 heterocycles. The molecule has 0 spiro atoms. The van der Waals surface area contributed by atoms with Crippen LogP contribution in [0.3, 0.4) is 0 Å². The van der Waals surface area contributed by atoms with Crippen LogP contribution in [0.4, 0.5) is 5.69 Å². The van der Waals surface area contributed by atoms with E-state index in [9.17, 15) is 4.79 Å². The molecule has 0 radical (unpaired) electrons. The van der Waals surface area contributed by atoms with Crippen LogP contribution in [0, 0.1) is 6.92 Å². The van der Waals surface area contributed by atoms with E-state index in [1.165, 1.54) is 0 Å². The molecule has 0 atom stereocenters. The Morgan fingerprint density at radius 1 is 1.39 bits per heavy atom. The molecule has 0 saturated heterocycles. The van der Waals surface area contributed by atoms with Gasteiger partial charge in [0.05, 0.1) is 6.10 Å². The summed E-state index contributed by atoms with van der Waals surface area (Å²) < 4.78 is 5.71. The Bertz CT molecular complexity index is 721. The van der Waals surface area contributed by atoms with Gasteiger partial charge in [0.2, 0.25) is 0 Å². The maximum absolute atomic E-state index is 12.5. The van der Waals surface area contributed by atoms with Crippen molar-refractivity contribution in [1.82, 2.24) is 15.5 Å². The van der Waals surface area contributed by atoms with Crippen molar-refractivity contribution in [3.8, 4) is 5.75 Å². The van der Waals surface area contributed by atoms with Crippen molar-refractivity contribution >= 4 is 11.6 Å². The van der Waals surface area contributed by atoms with Gasteiger partial charge >= 0.3 is 0 Å². The highest BCUT2D eigenvalue weighted by atomic mass is 16.5. The minimum atomic E-state index is -0.192. The largest absolute Gasteiger partial charge is 0.491 e. The third kappa shape index (κ3) is 3.37. The summed E-state index contributed by atoms with van der Waals surface area (Å²) in [5.74, 6) is 0.641. The van der Waals surface area contributed by atoms with Gasteiger partial charge in [-0.15, -0.1) is 0 Å². The first-order valence-electron chi connectivity index (χ1n) is 7.90. The summed E-state index contributed by atoms with van der Waals surface area (Å²) in [5.41, 5.74) is 4.20. The van der Waals surface area contributed by atoms with Gasteiger partial charge in [0, 0.05) is 36.5 Å². The molecule has 1 aromatic heterocycles. The summed E-state index contributed by atoms with van der Waals surface area (Å²) in [5, 5.41) is 13.3. The van der Waals surface area contributed by atoms with E-state index < -0.39 is 0 Å². The van der Waals surface area contributed by atoms with Gasteiger partial charge in [0.25, 0.3) is 5.91 Å². The van der Waals surface area contributed by atoms with Crippen LogP contribution < -0.4 is 15.4 Å². The number of nitrogens with zero attached hydrogens (tertiary/aromatic N) is 1. The second kappa shape index (κ2) is 6.42. The fourth-order valence-corrected chi connectivity index (χ4v) is 2.72. The van der Waals surface area contributed by atoms with Crippen LogP contribution in [-0.4, -0.2) is 28.8 Å². The maximum atomic E-state index is 12.5. The van der Waals surface area contributed by atoms with E-state index in [-0.39, 0.29) is 12.0 Å². The number of hydrogen-bond acceptors (Lipinski definition) is 4. The zero-order chi connectivity index (χ0) is 16.4. The summed E-state index contributed by atoms with van der Waals surface area (Å²) in [4.78, 5) is 12.5. The van der Waals surface area contributed by atoms with Crippen LogP contribution in [0.25, 0.3) is 0 Å². The molecule has 0 aliphatic carbocycles. The second-order valence-corrected chi connectivity index (χ2v) is 6.06. The van der Waals surface area contributed by atoms with Crippen molar-refractivity contribution in [1.29, 1.82) is 0 Å². The second-order valence-electron chi connectivity index (χ2n) is 6.06. The number of carbonyl (C=O) groups excluding carboxylic acids is 1. The van der Waals surface area contributed by atoms with Crippen molar-refractivity contribution in [3.63, 3.8) is 0 Å². The molecule has 2 aromatic rings. The van der Waals surface area contributed by atoms with Crippen LogP contribution in [0.1, 0.15) is 41.2 Å². The maximum Gasteiger partial charge on any atom is 0.276 e. The van der Waals surface area contributed by atoms with Crippen molar-refractivity contribution in [2.75, 3.05) is 11.9 Å². The summed E-state index contributed by atoms with van der Waals surface area (Å²) in [6, 6.07) is 5.64. The molecule has 23 heavy (non-hydrogen) atoms. The van der Waals surface area contributed by atoms with Gasteiger partial charge < -0.3 is 15.4 Å². The molecule has 1 aliphatic heterocycles. The SMILES string of the molecule is Cc1cc(NC(=O)c2n[nH]c3c2CNCC3)ccc1OC(C)C. The van der Waals surface area contributed by atoms with E-state index in [2.05, 4.69) is 20.8 Å². The van der Waals surface area contributed by atoms with Gasteiger partial charge in [-0.2, -0.15) is 5.10 Å². The van der Waals surface area contributed by atoms with Crippen LogP contribution in [0.5, 0.6) is 5.75 Å². The predicted molar refractivity (Wildman–Crippen MR) is 88.9 cm³/mol. The lowest BCUT2D eigenvalue weighted by Crippen LogP contribution is -2.25. The number of hydrogen-bond donors (Lipinski definition) is 3. The molecule has 6 heteroatoms. The van der Waals surface area contributed by atoms with Crippen molar-refractivity contribution in [3.05, 3.63) is 40.7 Å².